The van der Waals surface area contributed by atoms with Gasteiger partial charge in [-0.3, -0.25) is 4.79 Å². The molecule has 0 bridgehead atoms. The van der Waals surface area contributed by atoms with E-state index in [1.54, 1.807) is 30.8 Å². The number of aromatic nitrogens is 3. The Morgan fingerprint density at radius 2 is 1.79 bits per heavy atom. The van der Waals surface area contributed by atoms with E-state index in [0.717, 1.165) is 11.4 Å². The third kappa shape index (κ3) is 3.10. The van der Waals surface area contributed by atoms with Crippen molar-refractivity contribution in [3.63, 3.8) is 0 Å². The molecule has 0 fully saturated rings. The molecule has 6 nitrogen and oxygen atoms in total. The minimum atomic E-state index is -0.404. The molecular formula is C17H15FN4O2. The molecule has 0 spiro atoms. The van der Waals surface area contributed by atoms with Crippen LogP contribution in [0.5, 0.6) is 5.75 Å². The van der Waals surface area contributed by atoms with E-state index in [2.05, 4.69) is 15.6 Å². The van der Waals surface area contributed by atoms with Crippen molar-refractivity contribution in [3.05, 3.63) is 65.7 Å². The Morgan fingerprint density at radius 1 is 1.12 bits per heavy atom. The van der Waals surface area contributed by atoms with E-state index in [0.29, 0.717) is 11.4 Å². The first-order valence-corrected chi connectivity index (χ1v) is 7.22. The second kappa shape index (κ2) is 6.49. The standard InChI is InChI=1S/C17H15FN4O2/c1-11-16(17(23)19-13-5-3-12(18)4-6-13)20-21-22(11)14-7-9-15(24-2)10-8-14/h3-10H,1-2H3,(H,19,23). The van der Waals surface area contributed by atoms with Gasteiger partial charge in [0.1, 0.15) is 11.6 Å². The van der Waals surface area contributed by atoms with Gasteiger partial charge in [-0.25, -0.2) is 9.07 Å². The second-order valence-electron chi connectivity index (χ2n) is 5.09. The van der Waals surface area contributed by atoms with Crippen molar-refractivity contribution in [2.45, 2.75) is 6.92 Å². The van der Waals surface area contributed by atoms with Gasteiger partial charge in [-0.15, -0.1) is 5.10 Å². The van der Waals surface area contributed by atoms with Crippen LogP contribution in [-0.2, 0) is 0 Å². The van der Waals surface area contributed by atoms with Crippen LogP contribution in [0.1, 0.15) is 16.2 Å². The highest BCUT2D eigenvalue weighted by atomic mass is 19.1. The number of ether oxygens (including phenoxy) is 1. The summed E-state index contributed by atoms with van der Waals surface area (Å²) in [5.74, 6) is -0.0423. The molecule has 1 N–H and O–H groups in total. The van der Waals surface area contributed by atoms with Crippen molar-refractivity contribution in [1.82, 2.24) is 15.0 Å². The van der Waals surface area contributed by atoms with Gasteiger partial charge in [-0.2, -0.15) is 0 Å². The van der Waals surface area contributed by atoms with E-state index in [4.69, 9.17) is 4.74 Å². The molecule has 0 saturated heterocycles. The van der Waals surface area contributed by atoms with Crippen LogP contribution in [0, 0.1) is 12.7 Å². The molecule has 7 heteroatoms. The molecule has 1 amide bonds. The first kappa shape index (κ1) is 15.7. The number of hydrogen-bond acceptors (Lipinski definition) is 4. The minimum Gasteiger partial charge on any atom is -0.497 e. The van der Waals surface area contributed by atoms with E-state index in [-0.39, 0.29) is 11.5 Å². The smallest absolute Gasteiger partial charge is 0.278 e. The molecule has 3 aromatic rings. The molecule has 122 valence electrons. The van der Waals surface area contributed by atoms with Crippen LogP contribution in [0.4, 0.5) is 10.1 Å². The van der Waals surface area contributed by atoms with Crippen molar-refractivity contribution >= 4 is 11.6 Å². The highest BCUT2D eigenvalue weighted by Gasteiger charge is 2.17. The third-order valence-corrected chi connectivity index (χ3v) is 3.53. The highest BCUT2D eigenvalue weighted by Crippen LogP contribution is 2.17. The molecule has 0 radical (unpaired) electrons. The minimum absolute atomic E-state index is 0.204. The quantitative estimate of drug-likeness (QED) is 0.800. The van der Waals surface area contributed by atoms with Gasteiger partial charge in [0.05, 0.1) is 18.5 Å². The van der Waals surface area contributed by atoms with E-state index >= 15 is 0 Å². The molecule has 0 aliphatic carbocycles. The average molecular weight is 326 g/mol. The van der Waals surface area contributed by atoms with E-state index in [1.165, 1.54) is 24.3 Å². The van der Waals surface area contributed by atoms with Gasteiger partial charge in [0.15, 0.2) is 5.69 Å². The van der Waals surface area contributed by atoms with Gasteiger partial charge in [-0.05, 0) is 55.5 Å². The Hall–Kier alpha value is -3.22. The Bertz CT molecular complexity index is 857. The summed E-state index contributed by atoms with van der Waals surface area (Å²) in [5.41, 5.74) is 2.05. The van der Waals surface area contributed by atoms with Crippen molar-refractivity contribution in [2.75, 3.05) is 12.4 Å². The van der Waals surface area contributed by atoms with Crippen molar-refractivity contribution < 1.29 is 13.9 Å². The van der Waals surface area contributed by atoms with Crippen LogP contribution in [0.2, 0.25) is 0 Å². The summed E-state index contributed by atoms with van der Waals surface area (Å²) >= 11 is 0. The van der Waals surface area contributed by atoms with Crippen LogP contribution in [0.3, 0.4) is 0 Å². The molecule has 1 heterocycles. The second-order valence-corrected chi connectivity index (χ2v) is 5.09. The highest BCUT2D eigenvalue weighted by molar-refractivity contribution is 6.03. The molecule has 0 unspecified atom stereocenters. The van der Waals surface area contributed by atoms with E-state index in [9.17, 15) is 9.18 Å². The van der Waals surface area contributed by atoms with Crippen molar-refractivity contribution in [2.24, 2.45) is 0 Å². The van der Waals surface area contributed by atoms with Crippen LogP contribution < -0.4 is 10.1 Å². The lowest BCUT2D eigenvalue weighted by molar-refractivity contribution is 0.102. The number of hydrogen-bond donors (Lipinski definition) is 1. The van der Waals surface area contributed by atoms with Crippen molar-refractivity contribution in [3.8, 4) is 11.4 Å². The number of carbonyl (C=O) groups is 1. The predicted molar refractivity (Wildman–Crippen MR) is 87.0 cm³/mol. The Balaban J connectivity index is 1.83. The molecule has 2 aromatic carbocycles. The average Bonchev–Trinajstić information content (AvgIpc) is 2.98. The Kier molecular flexibility index (Phi) is 4.24. The number of methoxy groups -OCH3 is 1. The summed E-state index contributed by atoms with van der Waals surface area (Å²) in [6.07, 6.45) is 0. The molecular weight excluding hydrogens is 311 g/mol. The maximum atomic E-state index is 12.9. The number of benzene rings is 2. The molecule has 0 saturated carbocycles. The first-order valence-electron chi connectivity index (χ1n) is 7.22. The number of carbonyl (C=O) groups excluding carboxylic acids is 1. The molecule has 0 aliphatic heterocycles. The zero-order chi connectivity index (χ0) is 17.1. The van der Waals surface area contributed by atoms with Crippen LogP contribution in [-0.4, -0.2) is 28.0 Å². The fourth-order valence-corrected chi connectivity index (χ4v) is 2.23. The molecule has 3 rings (SSSR count). The zero-order valence-electron chi connectivity index (χ0n) is 13.2. The van der Waals surface area contributed by atoms with Gasteiger partial charge in [0.2, 0.25) is 0 Å². The lowest BCUT2D eigenvalue weighted by Gasteiger charge is -2.06. The maximum Gasteiger partial charge on any atom is 0.278 e. The molecule has 24 heavy (non-hydrogen) atoms. The molecule has 0 aliphatic rings. The summed E-state index contributed by atoms with van der Waals surface area (Å²) in [4.78, 5) is 12.3. The summed E-state index contributed by atoms with van der Waals surface area (Å²) in [7, 11) is 1.59. The van der Waals surface area contributed by atoms with Gasteiger partial charge in [0, 0.05) is 5.69 Å². The third-order valence-electron chi connectivity index (χ3n) is 3.53. The van der Waals surface area contributed by atoms with Gasteiger partial charge >= 0.3 is 0 Å². The number of halogens is 1. The van der Waals surface area contributed by atoms with Crippen LogP contribution in [0.25, 0.3) is 5.69 Å². The largest absolute Gasteiger partial charge is 0.497 e. The van der Waals surface area contributed by atoms with Crippen molar-refractivity contribution in [1.29, 1.82) is 0 Å². The van der Waals surface area contributed by atoms with E-state index in [1.807, 2.05) is 12.1 Å². The first-order chi connectivity index (χ1) is 11.6. The van der Waals surface area contributed by atoms with Crippen LogP contribution in [0.15, 0.2) is 48.5 Å². The summed E-state index contributed by atoms with van der Waals surface area (Å²) < 4.78 is 19.6. The summed E-state index contributed by atoms with van der Waals surface area (Å²) in [6.45, 7) is 1.75. The fraction of sp³-hybridized carbons (Fsp3) is 0.118. The topological polar surface area (TPSA) is 69.0 Å². The Morgan fingerprint density at radius 3 is 2.42 bits per heavy atom. The summed E-state index contributed by atoms with van der Waals surface area (Å²) in [5, 5.41) is 10.6. The summed E-state index contributed by atoms with van der Waals surface area (Å²) in [6, 6.07) is 12.8. The fourth-order valence-electron chi connectivity index (χ4n) is 2.23. The normalized spacial score (nSPS) is 10.5. The Labute approximate surface area is 137 Å². The maximum absolute atomic E-state index is 12.9. The monoisotopic (exact) mass is 326 g/mol. The predicted octanol–water partition coefficient (Wildman–Crippen LogP) is 2.98. The lowest BCUT2D eigenvalue weighted by Crippen LogP contribution is -2.14. The van der Waals surface area contributed by atoms with Gasteiger partial charge in [0.25, 0.3) is 5.91 Å². The van der Waals surface area contributed by atoms with Crippen LogP contribution >= 0.6 is 0 Å². The molecule has 0 atom stereocenters. The number of nitrogens with one attached hydrogen (secondary N) is 1. The molecule has 1 aromatic heterocycles. The SMILES string of the molecule is COc1ccc(-n2nnc(C(=O)Nc3ccc(F)cc3)c2C)cc1. The number of rotatable bonds is 4. The van der Waals surface area contributed by atoms with Gasteiger partial charge in [-0.1, -0.05) is 5.21 Å². The van der Waals surface area contributed by atoms with Gasteiger partial charge < -0.3 is 10.1 Å². The van der Waals surface area contributed by atoms with E-state index < -0.39 is 5.91 Å². The number of anilines is 1. The number of nitrogens with zero attached hydrogens (tertiary/aromatic N) is 3. The zero-order valence-corrected chi connectivity index (χ0v) is 13.2. The number of amides is 1. The lowest BCUT2D eigenvalue weighted by atomic mass is 10.2.